The molecule has 2 aromatic heterocycles. The highest BCUT2D eigenvalue weighted by Gasteiger charge is 2.26. The number of aromatic nitrogens is 2. The molecule has 6 heteroatoms. The first-order valence-electron chi connectivity index (χ1n) is 6.80. The zero-order valence-electron chi connectivity index (χ0n) is 11.6. The Balaban J connectivity index is 1.72. The molecular formula is C14H17N3O3. The van der Waals surface area contributed by atoms with Gasteiger partial charge >= 0.3 is 0 Å². The van der Waals surface area contributed by atoms with Gasteiger partial charge in [0.1, 0.15) is 6.26 Å². The molecule has 0 saturated heterocycles. The Morgan fingerprint density at radius 3 is 3.10 bits per heavy atom. The van der Waals surface area contributed by atoms with E-state index in [9.17, 15) is 4.79 Å². The minimum absolute atomic E-state index is 0.126. The molecular weight excluding hydrogens is 258 g/mol. The fourth-order valence-electron chi connectivity index (χ4n) is 2.40. The van der Waals surface area contributed by atoms with Crippen molar-refractivity contribution < 1.29 is 13.8 Å². The Bertz CT molecular complexity index is 615. The molecule has 1 aliphatic heterocycles. The standard InChI is InChI=1S/C14H17N3O3/c1-9(2)5-11-6-13(20-15-11)14(18)17-4-3-12-10(7-17)8-19-16-12/h6,8-9H,3-5,7H2,1-2H3. The van der Waals surface area contributed by atoms with E-state index in [0.29, 0.717) is 31.2 Å². The van der Waals surface area contributed by atoms with Gasteiger partial charge in [-0.2, -0.15) is 0 Å². The van der Waals surface area contributed by atoms with E-state index in [2.05, 4.69) is 24.2 Å². The van der Waals surface area contributed by atoms with Crippen LogP contribution in [-0.2, 0) is 19.4 Å². The van der Waals surface area contributed by atoms with E-state index in [1.807, 2.05) is 0 Å². The summed E-state index contributed by atoms with van der Waals surface area (Å²) in [7, 11) is 0. The van der Waals surface area contributed by atoms with Crippen LogP contribution in [0.2, 0.25) is 0 Å². The van der Waals surface area contributed by atoms with Crippen LogP contribution in [0.4, 0.5) is 0 Å². The molecule has 0 fully saturated rings. The van der Waals surface area contributed by atoms with Gasteiger partial charge in [-0.15, -0.1) is 0 Å². The molecule has 0 unspecified atom stereocenters. The number of hydrogen-bond donors (Lipinski definition) is 0. The third kappa shape index (κ3) is 2.45. The highest BCUT2D eigenvalue weighted by molar-refractivity contribution is 5.91. The van der Waals surface area contributed by atoms with E-state index in [4.69, 9.17) is 9.05 Å². The van der Waals surface area contributed by atoms with Crippen molar-refractivity contribution in [1.29, 1.82) is 0 Å². The lowest BCUT2D eigenvalue weighted by atomic mass is 10.1. The first-order valence-corrected chi connectivity index (χ1v) is 6.80. The number of hydrogen-bond acceptors (Lipinski definition) is 5. The largest absolute Gasteiger partial charge is 0.364 e. The zero-order chi connectivity index (χ0) is 14.1. The van der Waals surface area contributed by atoms with Gasteiger partial charge in [0.15, 0.2) is 0 Å². The summed E-state index contributed by atoms with van der Waals surface area (Å²) in [5.41, 5.74) is 2.73. The van der Waals surface area contributed by atoms with Crippen LogP contribution in [0, 0.1) is 5.92 Å². The molecule has 0 aromatic carbocycles. The Hall–Kier alpha value is -2.11. The lowest BCUT2D eigenvalue weighted by Crippen LogP contribution is -2.35. The first kappa shape index (κ1) is 12.9. The highest BCUT2D eigenvalue weighted by Crippen LogP contribution is 2.20. The van der Waals surface area contributed by atoms with Crippen LogP contribution in [0.1, 0.15) is 41.4 Å². The summed E-state index contributed by atoms with van der Waals surface area (Å²) >= 11 is 0. The number of carbonyl (C=O) groups excluding carboxylic acids is 1. The van der Waals surface area contributed by atoms with Crippen molar-refractivity contribution in [2.24, 2.45) is 5.92 Å². The smallest absolute Gasteiger partial charge is 0.292 e. The SMILES string of the molecule is CC(C)Cc1cc(C(=O)N2CCc3nocc3C2)on1. The zero-order valence-corrected chi connectivity index (χ0v) is 11.6. The Morgan fingerprint density at radius 2 is 2.30 bits per heavy atom. The summed E-state index contributed by atoms with van der Waals surface area (Å²) in [6, 6.07) is 1.74. The Kier molecular flexibility index (Phi) is 3.30. The van der Waals surface area contributed by atoms with Gasteiger partial charge in [0.25, 0.3) is 5.91 Å². The minimum Gasteiger partial charge on any atom is -0.364 e. The van der Waals surface area contributed by atoms with Gasteiger partial charge in [-0.25, -0.2) is 0 Å². The molecule has 3 heterocycles. The lowest BCUT2D eigenvalue weighted by molar-refractivity contribution is 0.0692. The van der Waals surface area contributed by atoms with E-state index in [-0.39, 0.29) is 5.91 Å². The monoisotopic (exact) mass is 275 g/mol. The van der Waals surface area contributed by atoms with Crippen molar-refractivity contribution in [3.8, 4) is 0 Å². The molecule has 0 N–H and O–H groups in total. The number of carbonyl (C=O) groups is 1. The molecule has 1 aliphatic rings. The second-order valence-electron chi connectivity index (χ2n) is 5.54. The van der Waals surface area contributed by atoms with Gasteiger partial charge < -0.3 is 13.9 Å². The Morgan fingerprint density at radius 1 is 1.45 bits per heavy atom. The van der Waals surface area contributed by atoms with Crippen molar-refractivity contribution in [2.75, 3.05) is 6.54 Å². The van der Waals surface area contributed by atoms with Crippen molar-refractivity contribution in [3.63, 3.8) is 0 Å². The summed E-state index contributed by atoms with van der Waals surface area (Å²) in [6.45, 7) is 5.35. The highest BCUT2D eigenvalue weighted by atomic mass is 16.5. The molecule has 106 valence electrons. The molecule has 0 aliphatic carbocycles. The van der Waals surface area contributed by atoms with Gasteiger partial charge in [-0.05, 0) is 12.3 Å². The second-order valence-corrected chi connectivity index (χ2v) is 5.54. The quantitative estimate of drug-likeness (QED) is 0.857. The van der Waals surface area contributed by atoms with E-state index < -0.39 is 0 Å². The molecule has 1 amide bonds. The Labute approximate surface area is 116 Å². The normalized spacial score (nSPS) is 14.7. The predicted octanol–water partition coefficient (Wildman–Crippen LogP) is 2.06. The van der Waals surface area contributed by atoms with Crippen molar-refractivity contribution in [2.45, 2.75) is 33.2 Å². The lowest BCUT2D eigenvalue weighted by Gasteiger charge is -2.24. The molecule has 0 radical (unpaired) electrons. The van der Waals surface area contributed by atoms with E-state index >= 15 is 0 Å². The van der Waals surface area contributed by atoms with Crippen LogP contribution in [-0.4, -0.2) is 27.7 Å². The maximum Gasteiger partial charge on any atom is 0.292 e. The molecule has 2 aromatic rings. The summed E-state index contributed by atoms with van der Waals surface area (Å²) < 4.78 is 10.1. The summed E-state index contributed by atoms with van der Waals surface area (Å²) in [6.07, 6.45) is 3.12. The third-order valence-electron chi connectivity index (χ3n) is 3.38. The predicted molar refractivity (Wildman–Crippen MR) is 70.0 cm³/mol. The van der Waals surface area contributed by atoms with Crippen molar-refractivity contribution in [3.05, 3.63) is 35.0 Å². The minimum atomic E-state index is -0.126. The maximum absolute atomic E-state index is 12.4. The molecule has 6 nitrogen and oxygen atoms in total. The maximum atomic E-state index is 12.4. The molecule has 3 rings (SSSR count). The third-order valence-corrected chi connectivity index (χ3v) is 3.38. The van der Waals surface area contributed by atoms with Crippen LogP contribution in [0.3, 0.4) is 0 Å². The molecule has 0 atom stereocenters. The number of nitrogens with zero attached hydrogens (tertiary/aromatic N) is 3. The number of rotatable bonds is 3. The van der Waals surface area contributed by atoms with Crippen molar-refractivity contribution >= 4 is 5.91 Å². The van der Waals surface area contributed by atoms with Gasteiger partial charge in [-0.1, -0.05) is 24.2 Å². The average Bonchev–Trinajstić information content (AvgIpc) is 3.04. The van der Waals surface area contributed by atoms with E-state index in [0.717, 1.165) is 23.4 Å². The summed E-state index contributed by atoms with van der Waals surface area (Å²) in [5, 5.41) is 7.86. The van der Waals surface area contributed by atoms with Crippen LogP contribution >= 0.6 is 0 Å². The van der Waals surface area contributed by atoms with Crippen LogP contribution in [0.5, 0.6) is 0 Å². The average molecular weight is 275 g/mol. The van der Waals surface area contributed by atoms with Crippen molar-refractivity contribution in [1.82, 2.24) is 15.2 Å². The molecule has 0 spiro atoms. The fraction of sp³-hybridized carbons (Fsp3) is 0.500. The van der Waals surface area contributed by atoms with Crippen LogP contribution in [0.15, 0.2) is 21.4 Å². The van der Waals surface area contributed by atoms with Gasteiger partial charge in [-0.3, -0.25) is 4.79 Å². The summed E-state index contributed by atoms with van der Waals surface area (Å²) in [5.74, 6) is 0.664. The van der Waals surface area contributed by atoms with Gasteiger partial charge in [0, 0.05) is 24.6 Å². The van der Waals surface area contributed by atoms with Crippen LogP contribution < -0.4 is 0 Å². The van der Waals surface area contributed by atoms with E-state index in [1.54, 1.807) is 17.2 Å². The fourth-order valence-corrected chi connectivity index (χ4v) is 2.40. The van der Waals surface area contributed by atoms with Gasteiger partial charge in [0.2, 0.25) is 5.76 Å². The first-order chi connectivity index (χ1) is 9.63. The van der Waals surface area contributed by atoms with Crippen LogP contribution in [0.25, 0.3) is 0 Å². The number of amides is 1. The molecule has 20 heavy (non-hydrogen) atoms. The second kappa shape index (κ2) is 5.11. The summed E-state index contributed by atoms with van der Waals surface area (Å²) in [4.78, 5) is 14.1. The number of fused-ring (bicyclic) bond motifs is 1. The van der Waals surface area contributed by atoms with Gasteiger partial charge in [0.05, 0.1) is 17.9 Å². The molecule has 0 saturated carbocycles. The van der Waals surface area contributed by atoms with E-state index in [1.165, 1.54) is 0 Å². The topological polar surface area (TPSA) is 72.4 Å². The molecule has 0 bridgehead atoms.